The Morgan fingerprint density at radius 3 is 2.57 bits per heavy atom. The molecule has 1 unspecified atom stereocenters. The molecule has 2 rings (SSSR count). The highest BCUT2D eigenvalue weighted by atomic mass is 19.2. The van der Waals surface area contributed by atoms with E-state index in [1.807, 2.05) is 0 Å². The number of halogens is 2. The van der Waals surface area contributed by atoms with Crippen LogP contribution in [-0.4, -0.2) is 29.9 Å². The summed E-state index contributed by atoms with van der Waals surface area (Å²) < 4.78 is 27.3. The third kappa shape index (κ3) is 3.30. The zero-order valence-corrected chi connectivity index (χ0v) is 11.8. The van der Waals surface area contributed by atoms with Crippen LogP contribution in [0.15, 0.2) is 12.1 Å². The van der Waals surface area contributed by atoms with Crippen molar-refractivity contribution in [2.24, 2.45) is 0 Å². The van der Waals surface area contributed by atoms with Gasteiger partial charge in [0.05, 0.1) is 11.3 Å². The van der Waals surface area contributed by atoms with Crippen molar-refractivity contribution in [3.63, 3.8) is 0 Å². The quantitative estimate of drug-likeness (QED) is 0.932. The van der Waals surface area contributed by atoms with Crippen molar-refractivity contribution in [3.05, 3.63) is 29.3 Å². The van der Waals surface area contributed by atoms with Gasteiger partial charge in [0.1, 0.15) is 12.1 Å². The fourth-order valence-corrected chi connectivity index (χ4v) is 2.43. The Hall–Kier alpha value is -2.16. The van der Waals surface area contributed by atoms with Crippen LogP contribution in [0.5, 0.6) is 0 Å². The van der Waals surface area contributed by atoms with E-state index in [9.17, 15) is 13.6 Å². The molecule has 0 aliphatic carbocycles. The number of nitriles is 1. The number of amides is 1. The fourth-order valence-electron chi connectivity index (χ4n) is 2.43. The molecule has 112 valence electrons. The molecule has 1 aliphatic rings. The van der Waals surface area contributed by atoms with E-state index in [2.05, 4.69) is 5.32 Å². The predicted octanol–water partition coefficient (Wildman–Crippen LogP) is 2.65. The molecule has 1 aliphatic heterocycles. The zero-order chi connectivity index (χ0) is 15.4. The van der Waals surface area contributed by atoms with Gasteiger partial charge < -0.3 is 10.2 Å². The monoisotopic (exact) mass is 293 g/mol. The average molecular weight is 293 g/mol. The molecule has 21 heavy (non-hydrogen) atoms. The lowest BCUT2D eigenvalue weighted by Crippen LogP contribution is -2.44. The Morgan fingerprint density at radius 2 is 1.95 bits per heavy atom. The Morgan fingerprint density at radius 1 is 1.29 bits per heavy atom. The highest BCUT2D eigenvalue weighted by Crippen LogP contribution is 2.21. The smallest absolute Gasteiger partial charge is 0.244 e. The van der Waals surface area contributed by atoms with Crippen molar-refractivity contribution in [1.29, 1.82) is 5.26 Å². The second-order valence-electron chi connectivity index (χ2n) is 5.15. The lowest BCUT2D eigenvalue weighted by Gasteiger charge is -2.29. The Bertz CT molecular complexity index is 577. The molecule has 0 bridgehead atoms. The number of hydrogen-bond acceptors (Lipinski definition) is 3. The molecule has 1 aromatic rings. The summed E-state index contributed by atoms with van der Waals surface area (Å²) in [6.45, 7) is 3.02. The second-order valence-corrected chi connectivity index (χ2v) is 5.15. The first kappa shape index (κ1) is 15.2. The van der Waals surface area contributed by atoms with Gasteiger partial charge in [0, 0.05) is 13.1 Å². The summed E-state index contributed by atoms with van der Waals surface area (Å²) in [7, 11) is 0. The van der Waals surface area contributed by atoms with E-state index >= 15 is 0 Å². The summed E-state index contributed by atoms with van der Waals surface area (Å²) in [6.07, 6.45) is 3.05. The summed E-state index contributed by atoms with van der Waals surface area (Å²) in [5.74, 6) is -2.45. The summed E-state index contributed by atoms with van der Waals surface area (Å²) in [6, 6.07) is 3.39. The molecule has 1 N–H and O–H groups in total. The highest BCUT2D eigenvalue weighted by Gasteiger charge is 2.23. The normalized spacial score (nSPS) is 16.2. The van der Waals surface area contributed by atoms with E-state index in [0.717, 1.165) is 19.3 Å². The van der Waals surface area contributed by atoms with Crippen LogP contribution in [0.2, 0.25) is 0 Å². The van der Waals surface area contributed by atoms with Crippen molar-refractivity contribution in [2.45, 2.75) is 32.2 Å². The first-order chi connectivity index (χ1) is 10.0. The summed E-state index contributed by atoms with van der Waals surface area (Å²) in [5, 5.41) is 11.3. The SMILES string of the molecule is CC(Nc1ccc(C#N)c(F)c1F)C(=O)N1CCCCC1. The number of likely N-dealkylation sites (tertiary alicyclic amines) is 1. The van der Waals surface area contributed by atoms with E-state index in [-0.39, 0.29) is 17.2 Å². The molecule has 1 heterocycles. The van der Waals surface area contributed by atoms with Crippen LogP contribution in [0.3, 0.4) is 0 Å². The maximum atomic E-state index is 13.8. The van der Waals surface area contributed by atoms with Crippen LogP contribution in [0, 0.1) is 23.0 Å². The number of carbonyl (C=O) groups excluding carboxylic acids is 1. The first-order valence-electron chi connectivity index (χ1n) is 6.98. The second kappa shape index (κ2) is 6.53. The lowest BCUT2D eigenvalue weighted by molar-refractivity contribution is -0.132. The van der Waals surface area contributed by atoms with Crippen molar-refractivity contribution in [1.82, 2.24) is 4.90 Å². The third-order valence-corrected chi connectivity index (χ3v) is 3.61. The van der Waals surface area contributed by atoms with E-state index in [1.165, 1.54) is 12.1 Å². The van der Waals surface area contributed by atoms with Crippen LogP contribution in [0.4, 0.5) is 14.5 Å². The number of benzene rings is 1. The van der Waals surface area contributed by atoms with Gasteiger partial charge in [-0.25, -0.2) is 8.78 Å². The van der Waals surface area contributed by atoms with Gasteiger partial charge >= 0.3 is 0 Å². The Balaban J connectivity index is 2.09. The minimum absolute atomic E-state index is 0.107. The molecule has 0 radical (unpaired) electrons. The van der Waals surface area contributed by atoms with Gasteiger partial charge in [-0.2, -0.15) is 5.26 Å². The Kier molecular flexibility index (Phi) is 4.73. The molecule has 1 atom stereocenters. The molecule has 1 aromatic carbocycles. The standard InChI is InChI=1S/C15H17F2N3O/c1-10(15(21)20-7-3-2-4-8-20)19-12-6-5-11(9-18)13(16)14(12)17/h5-6,10,19H,2-4,7-8H2,1H3. The average Bonchev–Trinajstić information content (AvgIpc) is 2.52. The van der Waals surface area contributed by atoms with Crippen LogP contribution < -0.4 is 5.32 Å². The number of rotatable bonds is 3. The number of piperidine rings is 1. The molecule has 0 spiro atoms. The zero-order valence-electron chi connectivity index (χ0n) is 11.8. The van der Waals surface area contributed by atoms with E-state index in [0.29, 0.717) is 13.1 Å². The summed E-state index contributed by atoms with van der Waals surface area (Å²) in [4.78, 5) is 14.0. The largest absolute Gasteiger partial charge is 0.371 e. The molecular formula is C15H17F2N3O. The molecule has 1 saturated heterocycles. The molecule has 6 heteroatoms. The third-order valence-electron chi connectivity index (χ3n) is 3.61. The highest BCUT2D eigenvalue weighted by molar-refractivity contribution is 5.84. The Labute approximate surface area is 122 Å². The molecule has 0 aromatic heterocycles. The minimum Gasteiger partial charge on any atom is -0.371 e. The van der Waals surface area contributed by atoms with E-state index in [4.69, 9.17) is 5.26 Å². The molecule has 1 fully saturated rings. The summed E-state index contributed by atoms with van der Waals surface area (Å²) >= 11 is 0. The number of nitrogens with zero attached hydrogens (tertiary/aromatic N) is 2. The molecule has 1 amide bonds. The van der Waals surface area contributed by atoms with Gasteiger partial charge in [0.2, 0.25) is 5.91 Å². The van der Waals surface area contributed by atoms with Crippen molar-refractivity contribution in [3.8, 4) is 6.07 Å². The van der Waals surface area contributed by atoms with Crippen LogP contribution in [0.1, 0.15) is 31.7 Å². The molecular weight excluding hydrogens is 276 g/mol. The maximum absolute atomic E-state index is 13.8. The lowest BCUT2D eigenvalue weighted by atomic mass is 10.1. The maximum Gasteiger partial charge on any atom is 0.244 e. The first-order valence-corrected chi connectivity index (χ1v) is 6.98. The van der Waals surface area contributed by atoms with Gasteiger partial charge in [-0.1, -0.05) is 0 Å². The van der Waals surface area contributed by atoms with Crippen molar-refractivity contribution >= 4 is 11.6 Å². The van der Waals surface area contributed by atoms with Gasteiger partial charge in [-0.15, -0.1) is 0 Å². The van der Waals surface area contributed by atoms with Gasteiger partial charge in [0.15, 0.2) is 11.6 Å². The fraction of sp³-hybridized carbons (Fsp3) is 0.467. The number of hydrogen-bond donors (Lipinski definition) is 1. The number of nitrogens with one attached hydrogen (secondary N) is 1. The number of anilines is 1. The van der Waals surface area contributed by atoms with E-state index < -0.39 is 17.7 Å². The van der Waals surface area contributed by atoms with Gasteiger partial charge in [-0.05, 0) is 38.3 Å². The van der Waals surface area contributed by atoms with E-state index in [1.54, 1.807) is 17.9 Å². The van der Waals surface area contributed by atoms with Crippen LogP contribution >= 0.6 is 0 Å². The predicted molar refractivity (Wildman–Crippen MR) is 74.6 cm³/mol. The minimum atomic E-state index is -1.19. The van der Waals surface area contributed by atoms with Gasteiger partial charge in [0.25, 0.3) is 0 Å². The topological polar surface area (TPSA) is 56.1 Å². The number of carbonyl (C=O) groups is 1. The molecule has 0 saturated carbocycles. The van der Waals surface area contributed by atoms with Gasteiger partial charge in [-0.3, -0.25) is 4.79 Å². The summed E-state index contributed by atoms with van der Waals surface area (Å²) in [5.41, 5.74) is -0.461. The van der Waals surface area contributed by atoms with Crippen molar-refractivity contribution < 1.29 is 13.6 Å². The van der Waals surface area contributed by atoms with Crippen molar-refractivity contribution in [2.75, 3.05) is 18.4 Å². The molecule has 4 nitrogen and oxygen atoms in total. The van der Waals surface area contributed by atoms with Crippen LogP contribution in [-0.2, 0) is 4.79 Å². The van der Waals surface area contributed by atoms with Crippen LogP contribution in [0.25, 0.3) is 0 Å².